The monoisotopic (exact) mass is 891 g/mol. The van der Waals surface area contributed by atoms with Gasteiger partial charge in [-0.05, 0) is 114 Å². The van der Waals surface area contributed by atoms with E-state index in [-0.39, 0.29) is 72.3 Å². The molecular weight excluding hydrogens is 809 g/mol. The summed E-state index contributed by atoms with van der Waals surface area (Å²) in [6, 6.07) is 11.4. The molecule has 358 valence electrons. The summed E-state index contributed by atoms with van der Waals surface area (Å²) in [5, 5.41) is 58.9. The van der Waals surface area contributed by atoms with Crippen molar-refractivity contribution in [3.05, 3.63) is 36.4 Å². The largest absolute Gasteiger partial charge is 0.486 e. The van der Waals surface area contributed by atoms with E-state index >= 15 is 0 Å². The molecule has 4 aliphatic rings. The van der Waals surface area contributed by atoms with Gasteiger partial charge in [0, 0.05) is 97.7 Å². The third kappa shape index (κ3) is 11.0. The van der Waals surface area contributed by atoms with E-state index in [2.05, 4.69) is 55.4 Å². The average molecular weight is 891 g/mol. The highest BCUT2D eigenvalue weighted by Gasteiger charge is 2.48. The highest BCUT2D eigenvalue weighted by Crippen LogP contribution is 2.45. The van der Waals surface area contributed by atoms with Gasteiger partial charge in [-0.15, -0.1) is 41.1 Å². The SMILES string of the molecule is CC(C)C1CC(Oc2ccc(-c3ccc(OC4CC(C(C)C)N([O])C(C)(C)C4)c(OC4CC(C(C)C)N([O])C(C)(C)C4)c3)cc2OC2CC(C(C)C)N([O])C(C)(C)C2)CC(C)(C)N1[O]. The lowest BCUT2D eigenvalue weighted by Crippen LogP contribution is -2.57. The molecule has 12 heteroatoms. The maximum Gasteiger partial charge on any atom is 0.162 e. The van der Waals surface area contributed by atoms with E-state index in [1.807, 2.05) is 91.8 Å². The Bertz CT molecular complexity index is 1750. The van der Waals surface area contributed by atoms with Crippen LogP contribution in [0.15, 0.2) is 36.4 Å². The molecule has 0 N–H and O–H groups in total. The lowest BCUT2D eigenvalue weighted by atomic mass is 9.82. The van der Waals surface area contributed by atoms with Gasteiger partial charge in [0.25, 0.3) is 0 Å². The predicted octanol–water partition coefficient (Wildman–Crippen LogP) is 11.3. The number of rotatable bonds is 13. The molecule has 8 unspecified atom stereocenters. The van der Waals surface area contributed by atoms with Crippen LogP contribution in [-0.4, -0.2) is 91.0 Å². The Kier molecular flexibility index (Phi) is 15.2. The minimum atomic E-state index is -0.617. The summed E-state index contributed by atoms with van der Waals surface area (Å²) in [6.07, 6.45) is 3.78. The van der Waals surface area contributed by atoms with Crippen molar-refractivity contribution in [3.8, 4) is 34.1 Å². The second-order valence-electron chi connectivity index (χ2n) is 23.8. The fourth-order valence-corrected chi connectivity index (χ4v) is 11.2. The number of hydrogen-bond acceptors (Lipinski definition) is 8. The van der Waals surface area contributed by atoms with Crippen molar-refractivity contribution in [2.24, 2.45) is 23.7 Å². The van der Waals surface area contributed by atoms with Crippen molar-refractivity contribution >= 4 is 0 Å². The molecule has 0 amide bonds. The number of ether oxygens (including phenoxy) is 4. The fraction of sp³-hybridized carbons (Fsp3) is 0.769. The number of nitrogens with zero attached hydrogens (tertiary/aromatic N) is 4. The van der Waals surface area contributed by atoms with E-state index in [1.165, 1.54) is 20.3 Å². The minimum absolute atomic E-state index is 0.148. The van der Waals surface area contributed by atoms with Crippen LogP contribution in [0.1, 0.15) is 162 Å². The third-order valence-corrected chi connectivity index (χ3v) is 15.0. The van der Waals surface area contributed by atoms with Crippen LogP contribution >= 0.6 is 0 Å². The lowest BCUT2D eigenvalue weighted by molar-refractivity contribution is -0.277. The molecule has 2 aromatic rings. The summed E-state index contributed by atoms with van der Waals surface area (Å²) >= 11 is 0. The smallest absolute Gasteiger partial charge is 0.162 e. The first-order valence-electron chi connectivity index (χ1n) is 24.4. The zero-order valence-electron chi connectivity index (χ0n) is 42.1. The van der Waals surface area contributed by atoms with E-state index in [0.717, 1.165) is 11.1 Å². The van der Waals surface area contributed by atoms with Crippen LogP contribution in [-0.2, 0) is 20.8 Å². The molecule has 2 aromatic carbocycles. The Morgan fingerprint density at radius 1 is 0.391 bits per heavy atom. The Balaban J connectivity index is 1.40. The fourth-order valence-electron chi connectivity index (χ4n) is 11.2. The molecule has 6 rings (SSSR count). The van der Waals surface area contributed by atoms with Gasteiger partial charge in [-0.2, -0.15) is 0 Å². The van der Waals surface area contributed by atoms with E-state index in [9.17, 15) is 20.8 Å². The molecule has 0 spiro atoms. The molecule has 12 nitrogen and oxygen atoms in total. The van der Waals surface area contributed by atoms with Crippen molar-refractivity contribution in [2.45, 2.75) is 233 Å². The zero-order valence-corrected chi connectivity index (χ0v) is 42.1. The van der Waals surface area contributed by atoms with Gasteiger partial charge in [-0.1, -0.05) is 67.5 Å². The second kappa shape index (κ2) is 19.1. The van der Waals surface area contributed by atoms with Crippen LogP contribution in [0.25, 0.3) is 11.1 Å². The molecule has 0 saturated carbocycles. The molecule has 4 heterocycles. The van der Waals surface area contributed by atoms with Crippen molar-refractivity contribution < 1.29 is 39.8 Å². The van der Waals surface area contributed by atoms with Gasteiger partial charge < -0.3 is 18.9 Å². The summed E-state index contributed by atoms with van der Waals surface area (Å²) in [6.45, 7) is 32.7. The molecule has 0 aromatic heterocycles. The van der Waals surface area contributed by atoms with Gasteiger partial charge in [0.1, 0.15) is 24.4 Å². The van der Waals surface area contributed by atoms with Gasteiger partial charge in [-0.3, -0.25) is 0 Å². The van der Waals surface area contributed by atoms with Crippen LogP contribution in [0.4, 0.5) is 0 Å². The van der Waals surface area contributed by atoms with Gasteiger partial charge in [0.15, 0.2) is 23.0 Å². The topological polar surface area (TPSA) is 129 Å². The van der Waals surface area contributed by atoms with Crippen molar-refractivity contribution in [1.82, 2.24) is 20.3 Å². The summed E-state index contributed by atoms with van der Waals surface area (Å²) in [5.41, 5.74) is -0.640. The highest BCUT2D eigenvalue weighted by atomic mass is 16.6. The number of benzene rings is 2. The molecule has 4 saturated heterocycles. The molecule has 64 heavy (non-hydrogen) atoms. The summed E-state index contributed by atoms with van der Waals surface area (Å²) in [5.74, 6) is 3.05. The van der Waals surface area contributed by atoms with Crippen LogP contribution < -0.4 is 18.9 Å². The Labute approximate surface area is 386 Å². The van der Waals surface area contributed by atoms with Gasteiger partial charge in [0.2, 0.25) is 0 Å². The molecule has 8 atom stereocenters. The first-order chi connectivity index (χ1) is 29.6. The number of hydroxylamine groups is 8. The number of hydrogen-bond donors (Lipinski definition) is 0. The lowest BCUT2D eigenvalue weighted by Gasteiger charge is -2.47. The van der Waals surface area contributed by atoms with Crippen LogP contribution in [0.2, 0.25) is 0 Å². The number of piperidine rings is 4. The standard InChI is InChI=1S/C52H82N4O8/c1-31(2)41-23-37(27-49(9,10)53(41)57)61-45-19-17-35(21-47(45)63-39-25-43(33(5)6)55(59)51(13,14)29-39)36-18-20-46(62-38-24-42(32(3)4)54(58)50(11,12)28-38)48(22-36)64-40-26-44(34(7)8)56(60)52(15,16)30-40/h17-22,31-34,37-44H,23-30H2,1-16H3. The Hall–Kier alpha value is -2.68. The normalized spacial score (nSPS) is 31.4. The van der Waals surface area contributed by atoms with Crippen LogP contribution in [0.5, 0.6) is 23.0 Å². The second-order valence-corrected chi connectivity index (χ2v) is 23.8. The molecule has 4 aliphatic heterocycles. The molecular formula is C52H82N4O8. The first-order valence-corrected chi connectivity index (χ1v) is 24.4. The summed E-state index contributed by atoms with van der Waals surface area (Å²) in [7, 11) is 0. The van der Waals surface area contributed by atoms with Crippen LogP contribution in [0, 0.1) is 23.7 Å². The van der Waals surface area contributed by atoms with E-state index in [1.54, 1.807) is 0 Å². The maximum atomic E-state index is 13.5. The quantitative estimate of drug-likeness (QED) is 0.194. The minimum Gasteiger partial charge on any atom is -0.486 e. The Morgan fingerprint density at radius 3 is 0.828 bits per heavy atom. The van der Waals surface area contributed by atoms with Crippen molar-refractivity contribution in [2.75, 3.05) is 0 Å². The predicted molar refractivity (Wildman–Crippen MR) is 247 cm³/mol. The highest BCUT2D eigenvalue weighted by molar-refractivity contribution is 5.70. The van der Waals surface area contributed by atoms with Gasteiger partial charge >= 0.3 is 0 Å². The third-order valence-electron chi connectivity index (χ3n) is 15.0. The average Bonchev–Trinajstić information content (AvgIpc) is 3.17. The van der Waals surface area contributed by atoms with Crippen LogP contribution in [0.3, 0.4) is 0 Å². The first kappa shape index (κ1) is 50.7. The van der Waals surface area contributed by atoms with Gasteiger partial charge in [-0.25, -0.2) is 0 Å². The Morgan fingerprint density at radius 2 is 0.609 bits per heavy atom. The van der Waals surface area contributed by atoms with E-state index < -0.39 is 22.2 Å². The molecule has 4 radical (unpaired) electrons. The molecule has 4 fully saturated rings. The molecule has 0 aliphatic carbocycles. The summed E-state index contributed by atoms with van der Waals surface area (Å²) < 4.78 is 27.8. The maximum absolute atomic E-state index is 13.5. The molecule has 0 bridgehead atoms. The van der Waals surface area contributed by atoms with Crippen molar-refractivity contribution in [1.29, 1.82) is 0 Å². The van der Waals surface area contributed by atoms with E-state index in [4.69, 9.17) is 18.9 Å². The summed E-state index contributed by atoms with van der Waals surface area (Å²) in [4.78, 5) is 0. The van der Waals surface area contributed by atoms with Gasteiger partial charge in [0.05, 0.1) is 0 Å². The zero-order chi connectivity index (χ0) is 47.4. The van der Waals surface area contributed by atoms with Crippen molar-refractivity contribution in [3.63, 3.8) is 0 Å². The van der Waals surface area contributed by atoms with E-state index in [0.29, 0.717) is 74.4 Å².